The second kappa shape index (κ2) is 10.7. The fourth-order valence-corrected chi connectivity index (χ4v) is 4.55. The van der Waals surface area contributed by atoms with Crippen LogP contribution >= 0.6 is 0 Å². The molecule has 0 spiro atoms. The number of halogens is 1. The number of nitrogens with zero attached hydrogens (tertiary/aromatic N) is 2. The molecule has 1 aromatic heterocycles. The second-order valence-corrected chi connectivity index (χ2v) is 9.05. The molecule has 0 aliphatic carbocycles. The van der Waals surface area contributed by atoms with Gasteiger partial charge in [0.1, 0.15) is 23.9 Å². The molecule has 1 unspecified atom stereocenters. The van der Waals surface area contributed by atoms with Crippen molar-refractivity contribution in [2.45, 2.75) is 26.1 Å². The lowest BCUT2D eigenvalue weighted by Crippen LogP contribution is -2.29. The van der Waals surface area contributed by atoms with Crippen LogP contribution in [-0.4, -0.2) is 26.7 Å². The normalized spacial score (nSPS) is 16.6. The highest BCUT2D eigenvalue weighted by molar-refractivity contribution is 6.46. The predicted octanol–water partition coefficient (Wildman–Crippen LogP) is 5.73. The van der Waals surface area contributed by atoms with Crippen LogP contribution in [0.1, 0.15) is 33.9 Å². The topological polar surface area (TPSA) is 79.7 Å². The number of benzene rings is 3. The van der Waals surface area contributed by atoms with E-state index in [0.717, 1.165) is 11.1 Å². The van der Waals surface area contributed by atoms with Crippen molar-refractivity contribution in [1.29, 1.82) is 0 Å². The summed E-state index contributed by atoms with van der Waals surface area (Å²) in [5.74, 6) is -2.08. The predicted molar refractivity (Wildman–Crippen MR) is 140 cm³/mol. The Bertz CT molecular complexity index is 1520. The molecular formula is C31H25FN2O4. The number of likely N-dealkylation sites (tertiary alicyclic amines) is 1. The zero-order chi connectivity index (χ0) is 26.6. The molecule has 0 radical (unpaired) electrons. The number of aliphatic hydroxyl groups is 1. The van der Waals surface area contributed by atoms with Gasteiger partial charge in [-0.3, -0.25) is 14.6 Å². The molecule has 6 nitrogen and oxygen atoms in total. The van der Waals surface area contributed by atoms with Crippen LogP contribution in [0.5, 0.6) is 5.75 Å². The Morgan fingerprint density at radius 3 is 2.42 bits per heavy atom. The first-order valence-corrected chi connectivity index (χ1v) is 12.1. The number of aromatic nitrogens is 1. The van der Waals surface area contributed by atoms with Crippen molar-refractivity contribution in [3.8, 4) is 5.75 Å². The van der Waals surface area contributed by atoms with Crippen LogP contribution < -0.4 is 4.74 Å². The second-order valence-electron chi connectivity index (χ2n) is 9.05. The SMILES string of the molecule is Cc1ccccc1COc1ccc(C(O)=C2C(=O)C(=O)N(Cc3cccnc3)C2c2ccccc2F)cc1. The fraction of sp³-hybridized carbons (Fsp3) is 0.129. The summed E-state index contributed by atoms with van der Waals surface area (Å²) in [5.41, 5.74) is 3.11. The van der Waals surface area contributed by atoms with Crippen LogP contribution in [0, 0.1) is 12.7 Å². The molecule has 5 rings (SSSR count). The van der Waals surface area contributed by atoms with E-state index in [0.29, 0.717) is 23.5 Å². The Labute approximate surface area is 219 Å². The number of pyridine rings is 1. The number of hydrogen-bond donors (Lipinski definition) is 1. The Kier molecular flexibility index (Phi) is 7.00. The van der Waals surface area contributed by atoms with Crippen molar-refractivity contribution in [3.63, 3.8) is 0 Å². The van der Waals surface area contributed by atoms with E-state index < -0.39 is 23.5 Å². The van der Waals surface area contributed by atoms with Crippen LogP contribution in [0.2, 0.25) is 0 Å². The highest BCUT2D eigenvalue weighted by Crippen LogP contribution is 2.41. The summed E-state index contributed by atoms with van der Waals surface area (Å²) in [6.45, 7) is 2.42. The van der Waals surface area contributed by atoms with Crippen LogP contribution in [0.3, 0.4) is 0 Å². The summed E-state index contributed by atoms with van der Waals surface area (Å²) in [5, 5.41) is 11.3. The molecule has 1 saturated heterocycles. The molecule has 1 atom stereocenters. The summed E-state index contributed by atoms with van der Waals surface area (Å²) in [4.78, 5) is 31.7. The highest BCUT2D eigenvalue weighted by atomic mass is 19.1. The van der Waals surface area contributed by atoms with E-state index in [1.165, 1.54) is 23.1 Å². The van der Waals surface area contributed by atoms with Gasteiger partial charge in [-0.2, -0.15) is 0 Å². The van der Waals surface area contributed by atoms with Crippen molar-refractivity contribution in [2.24, 2.45) is 0 Å². The average molecular weight is 509 g/mol. The highest BCUT2D eigenvalue weighted by Gasteiger charge is 2.46. The first kappa shape index (κ1) is 24.9. The van der Waals surface area contributed by atoms with Gasteiger partial charge in [-0.05, 0) is 60.0 Å². The van der Waals surface area contributed by atoms with Gasteiger partial charge in [0.05, 0.1) is 11.6 Å². The van der Waals surface area contributed by atoms with Crippen molar-refractivity contribution in [2.75, 3.05) is 0 Å². The minimum absolute atomic E-state index is 0.0277. The maximum absolute atomic E-state index is 15.0. The molecule has 0 saturated carbocycles. The van der Waals surface area contributed by atoms with Gasteiger partial charge in [0.2, 0.25) is 0 Å². The molecule has 2 heterocycles. The molecule has 1 N–H and O–H groups in total. The van der Waals surface area contributed by atoms with Gasteiger partial charge in [0.25, 0.3) is 11.7 Å². The number of carbonyl (C=O) groups excluding carboxylic acids is 2. The van der Waals surface area contributed by atoms with Gasteiger partial charge in [-0.15, -0.1) is 0 Å². The molecule has 1 fully saturated rings. The number of ether oxygens (including phenoxy) is 1. The van der Waals surface area contributed by atoms with E-state index >= 15 is 0 Å². The smallest absolute Gasteiger partial charge is 0.295 e. The third-order valence-electron chi connectivity index (χ3n) is 6.60. The summed E-state index contributed by atoms with van der Waals surface area (Å²) in [6, 6.07) is 22.8. The Balaban J connectivity index is 1.49. The number of ketones is 1. The van der Waals surface area contributed by atoms with Crippen molar-refractivity contribution < 1.29 is 23.8 Å². The van der Waals surface area contributed by atoms with Crippen LogP contribution in [-0.2, 0) is 22.7 Å². The molecule has 7 heteroatoms. The molecule has 1 aliphatic heterocycles. The van der Waals surface area contributed by atoms with Crippen molar-refractivity contribution in [3.05, 3.63) is 137 Å². The maximum atomic E-state index is 15.0. The van der Waals surface area contributed by atoms with E-state index in [1.54, 1.807) is 54.9 Å². The molecular weight excluding hydrogens is 483 g/mol. The Hall–Kier alpha value is -4.78. The number of aliphatic hydroxyl groups excluding tert-OH is 1. The number of rotatable bonds is 7. The summed E-state index contributed by atoms with van der Waals surface area (Å²) in [7, 11) is 0. The molecule has 4 aromatic rings. The Morgan fingerprint density at radius 1 is 0.974 bits per heavy atom. The van der Waals surface area contributed by atoms with Gasteiger partial charge < -0.3 is 14.7 Å². The zero-order valence-corrected chi connectivity index (χ0v) is 20.7. The molecule has 0 bridgehead atoms. The van der Waals surface area contributed by atoms with E-state index in [2.05, 4.69) is 4.98 Å². The number of aryl methyl sites for hydroxylation is 1. The largest absolute Gasteiger partial charge is 0.507 e. The molecule has 38 heavy (non-hydrogen) atoms. The van der Waals surface area contributed by atoms with Gasteiger partial charge >= 0.3 is 0 Å². The summed E-state index contributed by atoms with van der Waals surface area (Å²) in [6.07, 6.45) is 3.17. The van der Waals surface area contributed by atoms with E-state index in [4.69, 9.17) is 4.74 Å². The number of amides is 1. The first-order valence-electron chi connectivity index (χ1n) is 12.1. The minimum Gasteiger partial charge on any atom is -0.507 e. The average Bonchev–Trinajstić information content (AvgIpc) is 3.18. The van der Waals surface area contributed by atoms with Gasteiger partial charge in [-0.1, -0.05) is 48.5 Å². The van der Waals surface area contributed by atoms with Gasteiger partial charge in [0, 0.05) is 30.1 Å². The monoisotopic (exact) mass is 508 g/mol. The van der Waals surface area contributed by atoms with Crippen LogP contribution in [0.15, 0.2) is 103 Å². The first-order chi connectivity index (χ1) is 18.4. The zero-order valence-electron chi connectivity index (χ0n) is 20.7. The lowest BCUT2D eigenvalue weighted by atomic mass is 9.94. The molecule has 1 amide bonds. The standard InChI is InChI=1S/C31H25FN2O4/c1-20-7-2-3-9-23(20)19-38-24-14-12-22(13-15-24)29(35)27-28(25-10-4-5-11-26(25)32)34(31(37)30(27)36)18-21-8-6-16-33-17-21/h2-17,28,35H,18-19H2,1H3. The third kappa shape index (κ3) is 4.91. The summed E-state index contributed by atoms with van der Waals surface area (Å²) < 4.78 is 20.8. The van der Waals surface area contributed by atoms with Gasteiger partial charge in [0.15, 0.2) is 0 Å². The number of hydrogen-bond acceptors (Lipinski definition) is 5. The van der Waals surface area contributed by atoms with Crippen LogP contribution in [0.4, 0.5) is 4.39 Å². The maximum Gasteiger partial charge on any atom is 0.295 e. The quantitative estimate of drug-likeness (QED) is 0.196. The minimum atomic E-state index is -1.10. The lowest BCUT2D eigenvalue weighted by Gasteiger charge is -2.25. The Morgan fingerprint density at radius 2 is 1.71 bits per heavy atom. The summed E-state index contributed by atoms with van der Waals surface area (Å²) >= 11 is 0. The molecule has 3 aromatic carbocycles. The molecule has 1 aliphatic rings. The van der Waals surface area contributed by atoms with Crippen molar-refractivity contribution in [1.82, 2.24) is 9.88 Å². The molecule has 190 valence electrons. The van der Waals surface area contributed by atoms with Crippen molar-refractivity contribution >= 4 is 17.4 Å². The van der Waals surface area contributed by atoms with Crippen LogP contribution in [0.25, 0.3) is 5.76 Å². The number of Topliss-reactive ketones (excluding diaryl/α,β-unsaturated/α-hetero) is 1. The van der Waals surface area contributed by atoms with E-state index in [-0.39, 0.29) is 23.4 Å². The van der Waals surface area contributed by atoms with E-state index in [9.17, 15) is 19.1 Å². The lowest BCUT2D eigenvalue weighted by molar-refractivity contribution is -0.140. The van der Waals surface area contributed by atoms with Gasteiger partial charge in [-0.25, -0.2) is 4.39 Å². The fourth-order valence-electron chi connectivity index (χ4n) is 4.55. The third-order valence-corrected chi connectivity index (χ3v) is 6.60. The van der Waals surface area contributed by atoms with E-state index in [1.807, 2.05) is 31.2 Å². The number of carbonyl (C=O) groups is 2.